The Morgan fingerprint density at radius 3 is 2.24 bits per heavy atom. The summed E-state index contributed by atoms with van der Waals surface area (Å²) in [5, 5.41) is 10.7. The maximum Gasteiger partial charge on any atom is 0.269 e. The molecule has 148 valence electrons. The molecule has 1 N–H and O–H groups in total. The molecule has 29 heavy (non-hydrogen) atoms. The first-order chi connectivity index (χ1) is 13.8. The number of nitro benzene ring substituents is 1. The highest BCUT2D eigenvalue weighted by Crippen LogP contribution is 2.21. The summed E-state index contributed by atoms with van der Waals surface area (Å²) in [6.07, 6.45) is 0. The molecule has 9 heteroatoms. The highest BCUT2D eigenvalue weighted by Gasteiger charge is 2.18. The molecule has 0 aliphatic rings. The molecule has 0 unspecified atom stereocenters. The molecule has 1 amide bonds. The second kappa shape index (κ2) is 8.11. The van der Waals surface area contributed by atoms with E-state index < -0.39 is 14.9 Å². The summed E-state index contributed by atoms with van der Waals surface area (Å²) in [5.74, 6) is -0.299. The Hall–Kier alpha value is -3.72. The van der Waals surface area contributed by atoms with Gasteiger partial charge in [0.1, 0.15) is 0 Å². The second-order valence-corrected chi connectivity index (χ2v) is 7.82. The molecule has 0 heterocycles. The summed E-state index contributed by atoms with van der Waals surface area (Å²) in [7, 11) is -2.34. The van der Waals surface area contributed by atoms with Crippen LogP contribution in [0.5, 0.6) is 0 Å². The van der Waals surface area contributed by atoms with Crippen molar-refractivity contribution >= 4 is 33.0 Å². The van der Waals surface area contributed by atoms with Gasteiger partial charge in [0.25, 0.3) is 21.6 Å². The zero-order chi connectivity index (χ0) is 21.0. The molecule has 0 spiro atoms. The van der Waals surface area contributed by atoms with Crippen LogP contribution in [0.4, 0.5) is 17.1 Å². The van der Waals surface area contributed by atoms with E-state index in [0.717, 1.165) is 24.3 Å². The number of anilines is 2. The van der Waals surface area contributed by atoms with Gasteiger partial charge in [0.05, 0.1) is 9.82 Å². The van der Waals surface area contributed by atoms with Gasteiger partial charge in [-0.15, -0.1) is 0 Å². The van der Waals surface area contributed by atoms with Crippen molar-refractivity contribution in [1.82, 2.24) is 0 Å². The number of non-ortho nitro benzene ring substituents is 1. The van der Waals surface area contributed by atoms with Crippen LogP contribution in [0.3, 0.4) is 0 Å². The third-order valence-corrected chi connectivity index (χ3v) is 5.56. The van der Waals surface area contributed by atoms with Crippen molar-refractivity contribution in [3.05, 3.63) is 94.5 Å². The monoisotopic (exact) mass is 411 g/mol. The van der Waals surface area contributed by atoms with Gasteiger partial charge in [0.15, 0.2) is 0 Å². The van der Waals surface area contributed by atoms with Crippen LogP contribution in [0.2, 0.25) is 0 Å². The average Bonchev–Trinajstić information content (AvgIpc) is 2.73. The first-order valence-electron chi connectivity index (χ1n) is 8.48. The Morgan fingerprint density at radius 2 is 1.62 bits per heavy atom. The van der Waals surface area contributed by atoms with Crippen LogP contribution in [-0.2, 0) is 10.0 Å². The van der Waals surface area contributed by atoms with Gasteiger partial charge < -0.3 is 4.90 Å². The Kier molecular flexibility index (Phi) is 5.60. The van der Waals surface area contributed by atoms with E-state index in [1.54, 1.807) is 31.3 Å². The summed E-state index contributed by atoms with van der Waals surface area (Å²) in [6, 6.07) is 19.7. The number of para-hydroxylation sites is 1. The van der Waals surface area contributed by atoms with Gasteiger partial charge in [-0.1, -0.05) is 24.3 Å². The number of carbonyl (C=O) groups excluding carboxylic acids is 1. The van der Waals surface area contributed by atoms with E-state index in [1.165, 1.54) is 17.0 Å². The van der Waals surface area contributed by atoms with Crippen LogP contribution in [0, 0.1) is 10.1 Å². The highest BCUT2D eigenvalue weighted by atomic mass is 32.2. The van der Waals surface area contributed by atoms with Gasteiger partial charge in [-0.2, -0.15) is 0 Å². The van der Waals surface area contributed by atoms with Crippen molar-refractivity contribution in [2.24, 2.45) is 0 Å². The van der Waals surface area contributed by atoms with E-state index in [-0.39, 0.29) is 22.2 Å². The largest absolute Gasteiger partial charge is 0.311 e. The first-order valence-corrected chi connectivity index (χ1v) is 9.97. The fraction of sp³-hybridized carbons (Fsp3) is 0.0500. The number of rotatable bonds is 6. The van der Waals surface area contributed by atoms with Crippen LogP contribution >= 0.6 is 0 Å². The maximum atomic E-state index is 12.7. The van der Waals surface area contributed by atoms with E-state index in [9.17, 15) is 23.3 Å². The van der Waals surface area contributed by atoms with Gasteiger partial charge in [0.2, 0.25) is 0 Å². The molecule has 0 saturated carbocycles. The van der Waals surface area contributed by atoms with E-state index in [1.807, 2.05) is 18.2 Å². The summed E-state index contributed by atoms with van der Waals surface area (Å²) in [4.78, 5) is 24.2. The SMILES string of the molecule is CN(C(=O)c1cccc(NS(=O)(=O)c2ccc([N+](=O)[O-])cc2)c1)c1ccccc1. The van der Waals surface area contributed by atoms with Crippen molar-refractivity contribution in [2.75, 3.05) is 16.7 Å². The number of hydrogen-bond donors (Lipinski definition) is 1. The van der Waals surface area contributed by atoms with Crippen molar-refractivity contribution in [1.29, 1.82) is 0 Å². The van der Waals surface area contributed by atoms with Crippen molar-refractivity contribution in [2.45, 2.75) is 4.90 Å². The average molecular weight is 411 g/mol. The zero-order valence-corrected chi connectivity index (χ0v) is 16.2. The van der Waals surface area contributed by atoms with Crippen molar-refractivity contribution in [3.8, 4) is 0 Å². The number of amides is 1. The Morgan fingerprint density at radius 1 is 0.966 bits per heavy atom. The molecule has 0 atom stereocenters. The lowest BCUT2D eigenvalue weighted by molar-refractivity contribution is -0.384. The molecule has 0 saturated heterocycles. The van der Waals surface area contributed by atoms with E-state index in [2.05, 4.69) is 4.72 Å². The van der Waals surface area contributed by atoms with Crippen LogP contribution in [0.25, 0.3) is 0 Å². The number of sulfonamides is 1. The lowest BCUT2D eigenvalue weighted by atomic mass is 10.1. The standard InChI is InChI=1S/C20H17N3O5S/c1-22(17-8-3-2-4-9-17)20(24)15-6-5-7-16(14-15)21-29(27,28)19-12-10-18(11-13-19)23(25)26/h2-14,21H,1H3. The zero-order valence-electron chi connectivity index (χ0n) is 15.3. The number of carbonyl (C=O) groups is 1. The summed E-state index contributed by atoms with van der Waals surface area (Å²) in [5.41, 5.74) is 1.01. The smallest absolute Gasteiger partial charge is 0.269 e. The van der Waals surface area contributed by atoms with Crippen molar-refractivity contribution in [3.63, 3.8) is 0 Å². The summed E-state index contributed by atoms with van der Waals surface area (Å²) >= 11 is 0. The second-order valence-electron chi connectivity index (χ2n) is 6.14. The quantitative estimate of drug-likeness (QED) is 0.492. The third kappa shape index (κ3) is 4.58. The summed E-state index contributed by atoms with van der Waals surface area (Å²) < 4.78 is 27.5. The third-order valence-electron chi connectivity index (χ3n) is 4.17. The Bertz CT molecular complexity index is 1150. The van der Waals surface area contributed by atoms with Crippen LogP contribution < -0.4 is 9.62 Å². The fourth-order valence-electron chi connectivity index (χ4n) is 2.64. The molecular formula is C20H17N3O5S. The van der Waals surface area contributed by atoms with Gasteiger partial charge in [-0.3, -0.25) is 19.6 Å². The molecule has 0 bridgehead atoms. The molecule has 0 fully saturated rings. The minimum atomic E-state index is -3.97. The van der Waals surface area contributed by atoms with E-state index in [4.69, 9.17) is 0 Å². The normalized spacial score (nSPS) is 10.9. The Labute approximate surface area is 167 Å². The van der Waals surface area contributed by atoms with Gasteiger partial charge in [-0.25, -0.2) is 8.42 Å². The predicted molar refractivity (Wildman–Crippen MR) is 110 cm³/mol. The van der Waals surface area contributed by atoms with Gasteiger partial charge in [0, 0.05) is 36.1 Å². The molecule has 3 rings (SSSR count). The minimum absolute atomic E-state index is 0.124. The van der Waals surface area contributed by atoms with Crippen LogP contribution in [0.15, 0.2) is 83.8 Å². The number of nitrogens with zero attached hydrogens (tertiary/aromatic N) is 2. The molecular weight excluding hydrogens is 394 g/mol. The summed E-state index contributed by atoms with van der Waals surface area (Å²) in [6.45, 7) is 0. The topological polar surface area (TPSA) is 110 Å². The number of benzene rings is 3. The number of hydrogen-bond acceptors (Lipinski definition) is 5. The molecule has 0 aliphatic carbocycles. The molecule has 0 radical (unpaired) electrons. The fourth-order valence-corrected chi connectivity index (χ4v) is 3.69. The molecule has 3 aromatic carbocycles. The maximum absolute atomic E-state index is 12.7. The number of nitrogens with one attached hydrogen (secondary N) is 1. The predicted octanol–water partition coefficient (Wildman–Crippen LogP) is 3.67. The van der Waals surface area contributed by atoms with Gasteiger partial charge >= 0.3 is 0 Å². The molecule has 0 aliphatic heterocycles. The van der Waals surface area contributed by atoms with Crippen LogP contribution in [0.1, 0.15) is 10.4 Å². The first kappa shape index (κ1) is 20.0. The van der Waals surface area contributed by atoms with Crippen molar-refractivity contribution < 1.29 is 18.1 Å². The molecule has 3 aromatic rings. The number of nitro groups is 1. The minimum Gasteiger partial charge on any atom is -0.311 e. The van der Waals surface area contributed by atoms with E-state index >= 15 is 0 Å². The lowest BCUT2D eigenvalue weighted by Crippen LogP contribution is -2.26. The lowest BCUT2D eigenvalue weighted by Gasteiger charge is -2.18. The Balaban J connectivity index is 1.82. The highest BCUT2D eigenvalue weighted by molar-refractivity contribution is 7.92. The van der Waals surface area contributed by atoms with Crippen LogP contribution in [-0.4, -0.2) is 26.3 Å². The molecule has 8 nitrogen and oxygen atoms in total. The van der Waals surface area contributed by atoms with Gasteiger partial charge in [-0.05, 0) is 42.5 Å². The molecule has 0 aromatic heterocycles. The van der Waals surface area contributed by atoms with E-state index in [0.29, 0.717) is 11.3 Å².